The Labute approximate surface area is 102 Å². The SMILES string of the molecule is FC(F)(F)c1ccnc(NCc2ccccc2)c1. The maximum atomic E-state index is 12.5. The lowest BCUT2D eigenvalue weighted by Crippen LogP contribution is -2.07. The van der Waals surface area contributed by atoms with Crippen LogP contribution in [0.1, 0.15) is 11.1 Å². The minimum absolute atomic E-state index is 0.216. The van der Waals surface area contributed by atoms with Gasteiger partial charge in [0.05, 0.1) is 5.56 Å². The summed E-state index contributed by atoms with van der Waals surface area (Å²) in [6.07, 6.45) is -3.19. The summed E-state index contributed by atoms with van der Waals surface area (Å²) >= 11 is 0. The number of hydrogen-bond acceptors (Lipinski definition) is 2. The van der Waals surface area contributed by atoms with Gasteiger partial charge in [0.1, 0.15) is 5.82 Å². The molecule has 0 saturated carbocycles. The summed E-state index contributed by atoms with van der Waals surface area (Å²) in [4.78, 5) is 3.86. The number of aromatic nitrogens is 1. The van der Waals surface area contributed by atoms with Gasteiger partial charge in [-0.15, -0.1) is 0 Å². The van der Waals surface area contributed by atoms with Crippen molar-refractivity contribution in [3.63, 3.8) is 0 Å². The normalized spacial score (nSPS) is 11.3. The van der Waals surface area contributed by atoms with E-state index in [0.717, 1.165) is 23.9 Å². The Morgan fingerprint density at radius 2 is 1.78 bits per heavy atom. The van der Waals surface area contributed by atoms with Crippen molar-refractivity contribution in [2.24, 2.45) is 0 Å². The first kappa shape index (κ1) is 12.4. The van der Waals surface area contributed by atoms with Crippen LogP contribution in [0.25, 0.3) is 0 Å². The van der Waals surface area contributed by atoms with Gasteiger partial charge in [-0.05, 0) is 17.7 Å². The Morgan fingerprint density at radius 3 is 2.44 bits per heavy atom. The molecule has 1 aromatic heterocycles. The number of pyridine rings is 1. The van der Waals surface area contributed by atoms with Gasteiger partial charge in [-0.3, -0.25) is 0 Å². The number of nitrogens with zero attached hydrogens (tertiary/aromatic N) is 1. The molecule has 2 rings (SSSR count). The number of benzene rings is 1. The third kappa shape index (κ3) is 3.23. The lowest BCUT2D eigenvalue weighted by atomic mass is 10.2. The van der Waals surface area contributed by atoms with Crippen LogP contribution in [0.2, 0.25) is 0 Å². The lowest BCUT2D eigenvalue weighted by Gasteiger charge is -2.09. The summed E-state index contributed by atoms with van der Waals surface area (Å²) in [6.45, 7) is 0.440. The highest BCUT2D eigenvalue weighted by Gasteiger charge is 2.30. The molecule has 1 aromatic carbocycles. The smallest absolute Gasteiger partial charge is 0.366 e. The molecule has 0 amide bonds. The quantitative estimate of drug-likeness (QED) is 0.900. The van der Waals surface area contributed by atoms with Crippen LogP contribution < -0.4 is 5.32 Å². The van der Waals surface area contributed by atoms with Crippen LogP contribution in [-0.2, 0) is 12.7 Å². The molecular formula is C13H11F3N2. The Kier molecular flexibility index (Phi) is 3.50. The van der Waals surface area contributed by atoms with E-state index >= 15 is 0 Å². The number of nitrogens with one attached hydrogen (secondary N) is 1. The maximum absolute atomic E-state index is 12.5. The standard InChI is InChI=1S/C13H11F3N2/c14-13(15,16)11-6-7-17-12(8-11)18-9-10-4-2-1-3-5-10/h1-8H,9H2,(H,17,18). The Bertz CT molecular complexity index is 509. The zero-order valence-electron chi connectivity index (χ0n) is 9.41. The fourth-order valence-corrected chi connectivity index (χ4v) is 1.49. The van der Waals surface area contributed by atoms with Gasteiger partial charge in [0, 0.05) is 12.7 Å². The molecular weight excluding hydrogens is 241 g/mol. The van der Waals surface area contributed by atoms with Gasteiger partial charge in [-0.25, -0.2) is 4.98 Å². The Hall–Kier alpha value is -2.04. The fraction of sp³-hybridized carbons (Fsp3) is 0.154. The second-order valence-corrected chi connectivity index (χ2v) is 3.77. The second kappa shape index (κ2) is 5.08. The average Bonchev–Trinajstić information content (AvgIpc) is 2.37. The summed E-state index contributed by atoms with van der Waals surface area (Å²) in [5, 5.41) is 2.86. The summed E-state index contributed by atoms with van der Waals surface area (Å²) < 4.78 is 37.4. The minimum Gasteiger partial charge on any atom is -0.366 e. The van der Waals surface area contributed by atoms with Crippen molar-refractivity contribution in [1.29, 1.82) is 0 Å². The van der Waals surface area contributed by atoms with Crippen LogP contribution in [-0.4, -0.2) is 4.98 Å². The van der Waals surface area contributed by atoms with Crippen molar-refractivity contribution in [3.8, 4) is 0 Å². The van der Waals surface area contributed by atoms with Gasteiger partial charge in [0.25, 0.3) is 0 Å². The predicted octanol–water partition coefficient (Wildman–Crippen LogP) is 3.71. The van der Waals surface area contributed by atoms with Gasteiger partial charge in [0.2, 0.25) is 0 Å². The van der Waals surface area contributed by atoms with Crippen molar-refractivity contribution in [1.82, 2.24) is 4.98 Å². The molecule has 1 N–H and O–H groups in total. The molecule has 0 saturated heterocycles. The van der Waals surface area contributed by atoms with E-state index in [1.54, 1.807) is 0 Å². The Balaban J connectivity index is 2.06. The predicted molar refractivity (Wildman–Crippen MR) is 63.0 cm³/mol. The summed E-state index contributed by atoms with van der Waals surface area (Å²) in [7, 11) is 0. The van der Waals surface area contributed by atoms with E-state index in [4.69, 9.17) is 0 Å². The highest BCUT2D eigenvalue weighted by molar-refractivity contribution is 5.39. The largest absolute Gasteiger partial charge is 0.416 e. The van der Waals surface area contributed by atoms with Crippen LogP contribution in [0.4, 0.5) is 19.0 Å². The van der Waals surface area contributed by atoms with Crippen LogP contribution in [0, 0.1) is 0 Å². The van der Waals surface area contributed by atoms with E-state index in [9.17, 15) is 13.2 Å². The zero-order valence-corrected chi connectivity index (χ0v) is 9.41. The van der Waals surface area contributed by atoms with Crippen LogP contribution >= 0.6 is 0 Å². The van der Waals surface area contributed by atoms with Crippen LogP contribution in [0.5, 0.6) is 0 Å². The highest BCUT2D eigenvalue weighted by Crippen LogP contribution is 2.29. The Morgan fingerprint density at radius 1 is 1.06 bits per heavy atom. The molecule has 0 atom stereocenters. The average molecular weight is 252 g/mol. The van der Waals surface area contributed by atoms with E-state index in [-0.39, 0.29) is 5.82 Å². The molecule has 94 valence electrons. The molecule has 0 aliphatic heterocycles. The monoisotopic (exact) mass is 252 g/mol. The van der Waals surface area contributed by atoms with Crippen molar-refractivity contribution < 1.29 is 13.2 Å². The number of anilines is 1. The molecule has 0 unspecified atom stereocenters. The molecule has 1 heterocycles. The van der Waals surface area contributed by atoms with Crippen molar-refractivity contribution in [2.45, 2.75) is 12.7 Å². The molecule has 0 aliphatic rings. The summed E-state index contributed by atoms with van der Waals surface area (Å²) in [5.74, 6) is 0.216. The first-order valence-corrected chi connectivity index (χ1v) is 5.37. The number of alkyl halides is 3. The zero-order chi connectivity index (χ0) is 13.0. The van der Waals surface area contributed by atoms with E-state index in [0.29, 0.717) is 6.54 Å². The number of halogens is 3. The second-order valence-electron chi connectivity index (χ2n) is 3.77. The number of hydrogen-bond donors (Lipinski definition) is 1. The first-order valence-electron chi connectivity index (χ1n) is 5.37. The third-order valence-corrected chi connectivity index (χ3v) is 2.40. The van der Waals surface area contributed by atoms with E-state index in [2.05, 4.69) is 10.3 Å². The van der Waals surface area contributed by atoms with Crippen molar-refractivity contribution >= 4 is 5.82 Å². The fourth-order valence-electron chi connectivity index (χ4n) is 1.49. The maximum Gasteiger partial charge on any atom is 0.416 e. The van der Waals surface area contributed by atoms with Crippen molar-refractivity contribution in [3.05, 3.63) is 59.8 Å². The van der Waals surface area contributed by atoms with Crippen molar-refractivity contribution in [2.75, 3.05) is 5.32 Å². The molecule has 0 radical (unpaired) electrons. The van der Waals surface area contributed by atoms with Crippen LogP contribution in [0.3, 0.4) is 0 Å². The molecule has 0 fully saturated rings. The number of rotatable bonds is 3. The van der Waals surface area contributed by atoms with E-state index in [1.807, 2.05) is 30.3 Å². The van der Waals surface area contributed by atoms with Gasteiger partial charge < -0.3 is 5.32 Å². The topological polar surface area (TPSA) is 24.9 Å². The first-order chi connectivity index (χ1) is 8.55. The minimum atomic E-state index is -4.34. The third-order valence-electron chi connectivity index (χ3n) is 2.40. The van der Waals surface area contributed by atoms with E-state index in [1.165, 1.54) is 0 Å². The molecule has 2 aromatic rings. The lowest BCUT2D eigenvalue weighted by molar-refractivity contribution is -0.137. The molecule has 0 bridgehead atoms. The van der Waals surface area contributed by atoms with Gasteiger partial charge >= 0.3 is 6.18 Å². The molecule has 0 spiro atoms. The molecule has 0 aliphatic carbocycles. The summed E-state index contributed by atoms with van der Waals surface area (Å²) in [5.41, 5.74) is 0.282. The molecule has 5 heteroatoms. The summed E-state index contributed by atoms with van der Waals surface area (Å²) in [6, 6.07) is 11.4. The van der Waals surface area contributed by atoms with E-state index < -0.39 is 11.7 Å². The van der Waals surface area contributed by atoms with Gasteiger partial charge in [0.15, 0.2) is 0 Å². The highest BCUT2D eigenvalue weighted by atomic mass is 19.4. The van der Waals surface area contributed by atoms with Crippen LogP contribution in [0.15, 0.2) is 48.7 Å². The van der Waals surface area contributed by atoms with Gasteiger partial charge in [-0.1, -0.05) is 30.3 Å². The molecule has 18 heavy (non-hydrogen) atoms. The molecule has 2 nitrogen and oxygen atoms in total. The van der Waals surface area contributed by atoms with Gasteiger partial charge in [-0.2, -0.15) is 13.2 Å².